The lowest BCUT2D eigenvalue weighted by molar-refractivity contribution is -0.155. The third-order valence-electron chi connectivity index (χ3n) is 3.43. The van der Waals surface area contributed by atoms with Gasteiger partial charge < -0.3 is 19.7 Å². The summed E-state index contributed by atoms with van der Waals surface area (Å²) in [5.74, 6) is -1.37. The van der Waals surface area contributed by atoms with Gasteiger partial charge in [0.1, 0.15) is 0 Å². The zero-order valence-electron chi connectivity index (χ0n) is 14.7. The monoisotopic (exact) mass is 344 g/mol. The van der Waals surface area contributed by atoms with Crippen molar-refractivity contribution in [3.63, 3.8) is 0 Å². The highest BCUT2D eigenvalue weighted by Gasteiger charge is 2.23. The van der Waals surface area contributed by atoms with Crippen LogP contribution in [-0.4, -0.2) is 48.6 Å². The topological polar surface area (TPSA) is 93.1 Å². The van der Waals surface area contributed by atoms with Gasteiger partial charge in [0.15, 0.2) is 0 Å². The van der Waals surface area contributed by atoms with E-state index in [1.54, 1.807) is 0 Å². The Balaban J connectivity index is 4.28. The Bertz CT molecular complexity index is 353. The third kappa shape index (κ3) is 13.1. The number of aliphatic hydroxyl groups is 2. The van der Waals surface area contributed by atoms with Crippen LogP contribution in [0.5, 0.6) is 0 Å². The second kappa shape index (κ2) is 16.5. The van der Waals surface area contributed by atoms with Crippen LogP contribution in [0.3, 0.4) is 0 Å². The summed E-state index contributed by atoms with van der Waals surface area (Å²) in [6, 6.07) is 0. The zero-order chi connectivity index (χ0) is 18.0. The lowest BCUT2D eigenvalue weighted by atomic mass is 9.97. The number of esters is 2. The maximum Gasteiger partial charge on any atom is 0.309 e. The van der Waals surface area contributed by atoms with E-state index in [0.717, 1.165) is 25.7 Å². The molecule has 0 saturated heterocycles. The first kappa shape index (κ1) is 22.6. The predicted octanol–water partition coefficient (Wildman–Crippen LogP) is 2.37. The van der Waals surface area contributed by atoms with Gasteiger partial charge in [-0.05, 0) is 25.7 Å². The summed E-state index contributed by atoms with van der Waals surface area (Å²) in [6.07, 6.45) is 9.34. The summed E-state index contributed by atoms with van der Waals surface area (Å²) >= 11 is 0. The summed E-state index contributed by atoms with van der Waals surface area (Å²) in [5, 5.41) is 17.4. The predicted molar refractivity (Wildman–Crippen MR) is 91.3 cm³/mol. The summed E-state index contributed by atoms with van der Waals surface area (Å²) < 4.78 is 10.1. The van der Waals surface area contributed by atoms with Gasteiger partial charge in [-0.3, -0.25) is 9.59 Å². The Morgan fingerprint density at radius 2 is 1.62 bits per heavy atom. The maximum atomic E-state index is 12.1. The molecule has 0 amide bonds. The van der Waals surface area contributed by atoms with Crippen LogP contribution < -0.4 is 0 Å². The molecule has 2 N–H and O–H groups in total. The third-order valence-corrected chi connectivity index (χ3v) is 3.43. The number of carbonyl (C=O) groups excluding carboxylic acids is 2. The van der Waals surface area contributed by atoms with E-state index in [9.17, 15) is 9.59 Å². The molecule has 0 aromatic rings. The number of carbonyl (C=O) groups is 2. The molecule has 1 unspecified atom stereocenters. The SMILES string of the molecule is CC/C=C/CCCCC(CC(=O)OCCCO)C(=O)OCCCO. The molecule has 0 spiro atoms. The molecule has 0 rings (SSSR count). The van der Waals surface area contributed by atoms with Gasteiger partial charge >= 0.3 is 11.9 Å². The van der Waals surface area contributed by atoms with Crippen molar-refractivity contribution >= 4 is 11.9 Å². The molecule has 0 saturated carbocycles. The molecule has 0 aliphatic heterocycles. The Morgan fingerprint density at radius 3 is 2.25 bits per heavy atom. The van der Waals surface area contributed by atoms with Crippen LogP contribution in [0.1, 0.15) is 58.3 Å². The van der Waals surface area contributed by atoms with Crippen LogP contribution in [0.2, 0.25) is 0 Å². The number of hydrogen-bond acceptors (Lipinski definition) is 6. The number of ether oxygens (including phenoxy) is 2. The molecule has 6 nitrogen and oxygen atoms in total. The number of hydrogen-bond donors (Lipinski definition) is 2. The lowest BCUT2D eigenvalue weighted by Gasteiger charge is -2.15. The Morgan fingerprint density at radius 1 is 0.958 bits per heavy atom. The smallest absolute Gasteiger partial charge is 0.309 e. The largest absolute Gasteiger partial charge is 0.466 e. The van der Waals surface area contributed by atoms with Gasteiger partial charge in [-0.15, -0.1) is 0 Å². The molecule has 0 bridgehead atoms. The van der Waals surface area contributed by atoms with E-state index >= 15 is 0 Å². The summed E-state index contributed by atoms with van der Waals surface area (Å²) in [6.45, 7) is 2.32. The van der Waals surface area contributed by atoms with Gasteiger partial charge in [0.25, 0.3) is 0 Å². The van der Waals surface area contributed by atoms with Crippen LogP contribution in [0.25, 0.3) is 0 Å². The minimum Gasteiger partial charge on any atom is -0.466 e. The average molecular weight is 344 g/mol. The molecule has 0 aromatic carbocycles. The molecule has 1 atom stereocenters. The normalized spacial score (nSPS) is 12.3. The van der Waals surface area contributed by atoms with Crippen LogP contribution in [0.15, 0.2) is 12.2 Å². The van der Waals surface area contributed by atoms with Gasteiger partial charge in [-0.2, -0.15) is 0 Å². The molecule has 0 aromatic heterocycles. The molecular formula is C18H32O6. The van der Waals surface area contributed by atoms with Crippen molar-refractivity contribution in [3.8, 4) is 0 Å². The van der Waals surface area contributed by atoms with E-state index in [1.807, 2.05) is 0 Å². The quantitative estimate of drug-likeness (QED) is 0.269. The maximum absolute atomic E-state index is 12.1. The van der Waals surface area contributed by atoms with E-state index in [2.05, 4.69) is 19.1 Å². The minimum atomic E-state index is -0.513. The van der Waals surface area contributed by atoms with Gasteiger partial charge in [-0.25, -0.2) is 0 Å². The van der Waals surface area contributed by atoms with E-state index in [-0.39, 0.29) is 32.8 Å². The second-order valence-electron chi connectivity index (χ2n) is 5.61. The van der Waals surface area contributed by atoms with Gasteiger partial charge in [0, 0.05) is 26.1 Å². The van der Waals surface area contributed by atoms with Crippen molar-refractivity contribution in [2.24, 2.45) is 5.92 Å². The number of unbranched alkanes of at least 4 members (excludes halogenated alkanes) is 2. The van der Waals surface area contributed by atoms with Gasteiger partial charge in [-0.1, -0.05) is 25.5 Å². The highest BCUT2D eigenvalue weighted by Crippen LogP contribution is 2.17. The highest BCUT2D eigenvalue weighted by atomic mass is 16.5. The molecule has 0 aliphatic rings. The molecule has 0 heterocycles. The van der Waals surface area contributed by atoms with Crippen LogP contribution in [0, 0.1) is 5.92 Å². The van der Waals surface area contributed by atoms with E-state index in [0.29, 0.717) is 19.3 Å². The number of rotatable bonds is 15. The molecule has 0 fully saturated rings. The second-order valence-corrected chi connectivity index (χ2v) is 5.61. The van der Waals surface area contributed by atoms with Gasteiger partial charge in [0.2, 0.25) is 0 Å². The van der Waals surface area contributed by atoms with E-state index < -0.39 is 17.9 Å². The van der Waals surface area contributed by atoms with Crippen molar-refractivity contribution < 1.29 is 29.3 Å². The molecule has 140 valence electrons. The Hall–Kier alpha value is -1.40. The average Bonchev–Trinajstić information content (AvgIpc) is 2.57. The zero-order valence-corrected chi connectivity index (χ0v) is 14.7. The fraction of sp³-hybridized carbons (Fsp3) is 0.778. The van der Waals surface area contributed by atoms with Gasteiger partial charge in [0.05, 0.1) is 25.6 Å². The first-order chi connectivity index (χ1) is 11.7. The molecular weight excluding hydrogens is 312 g/mol. The summed E-state index contributed by atoms with van der Waals surface area (Å²) in [7, 11) is 0. The fourth-order valence-electron chi connectivity index (χ4n) is 2.11. The van der Waals surface area contributed by atoms with Crippen molar-refractivity contribution in [1.29, 1.82) is 0 Å². The van der Waals surface area contributed by atoms with Crippen molar-refractivity contribution in [1.82, 2.24) is 0 Å². The Labute approximate surface area is 144 Å². The van der Waals surface area contributed by atoms with Crippen LogP contribution in [0.4, 0.5) is 0 Å². The molecule has 0 aliphatic carbocycles. The minimum absolute atomic E-state index is 0.00577. The standard InChI is InChI=1S/C18H32O6/c1-2-3-4-5-6-7-10-16(18(22)24-14-9-12-20)15-17(21)23-13-8-11-19/h3-4,16,19-20H,2,5-15H2,1H3/b4-3+. The van der Waals surface area contributed by atoms with Crippen molar-refractivity contribution in [2.45, 2.75) is 58.3 Å². The molecule has 6 heteroatoms. The molecule has 24 heavy (non-hydrogen) atoms. The summed E-state index contributed by atoms with van der Waals surface area (Å²) in [4.78, 5) is 23.9. The first-order valence-corrected chi connectivity index (χ1v) is 8.84. The lowest BCUT2D eigenvalue weighted by Crippen LogP contribution is -2.23. The number of allylic oxidation sites excluding steroid dienone is 2. The fourth-order valence-corrected chi connectivity index (χ4v) is 2.11. The van der Waals surface area contributed by atoms with E-state index in [1.165, 1.54) is 0 Å². The van der Waals surface area contributed by atoms with Crippen LogP contribution in [-0.2, 0) is 19.1 Å². The molecule has 0 radical (unpaired) electrons. The first-order valence-electron chi connectivity index (χ1n) is 8.84. The van der Waals surface area contributed by atoms with Crippen molar-refractivity contribution in [3.05, 3.63) is 12.2 Å². The van der Waals surface area contributed by atoms with E-state index in [4.69, 9.17) is 19.7 Å². The van der Waals surface area contributed by atoms with Crippen molar-refractivity contribution in [2.75, 3.05) is 26.4 Å². The Kier molecular flexibility index (Phi) is 15.5. The number of aliphatic hydroxyl groups excluding tert-OH is 2. The summed E-state index contributed by atoms with van der Waals surface area (Å²) in [5.41, 5.74) is 0. The highest BCUT2D eigenvalue weighted by molar-refractivity contribution is 5.79. The van der Waals surface area contributed by atoms with Crippen LogP contribution >= 0.6 is 0 Å².